The summed E-state index contributed by atoms with van der Waals surface area (Å²) in [5, 5.41) is 2.26. The van der Waals surface area contributed by atoms with Crippen LogP contribution in [0.1, 0.15) is 18.2 Å². The molecule has 0 saturated heterocycles. The number of fused-ring (bicyclic) bond motifs is 1. The van der Waals surface area contributed by atoms with E-state index in [0.717, 1.165) is 0 Å². The molecule has 22 heavy (non-hydrogen) atoms. The van der Waals surface area contributed by atoms with Gasteiger partial charge in [0, 0.05) is 17.9 Å². The SMILES string of the molecule is CC(=O)Oc1ccc2c(=O)c(-c3cscn3)c(C)oc2c1C. The number of carbonyl (C=O) groups is 1. The summed E-state index contributed by atoms with van der Waals surface area (Å²) in [7, 11) is 0. The highest BCUT2D eigenvalue weighted by atomic mass is 32.1. The predicted octanol–water partition coefficient (Wildman–Crippen LogP) is 3.46. The van der Waals surface area contributed by atoms with Gasteiger partial charge in [0.2, 0.25) is 5.43 Å². The summed E-state index contributed by atoms with van der Waals surface area (Å²) in [6.45, 7) is 4.81. The normalized spacial score (nSPS) is 10.9. The largest absolute Gasteiger partial charge is 0.460 e. The number of aromatic nitrogens is 1. The minimum Gasteiger partial charge on any atom is -0.460 e. The van der Waals surface area contributed by atoms with Crippen molar-refractivity contribution in [2.24, 2.45) is 0 Å². The van der Waals surface area contributed by atoms with Crippen LogP contribution in [0, 0.1) is 13.8 Å². The zero-order valence-corrected chi connectivity index (χ0v) is 13.1. The van der Waals surface area contributed by atoms with Gasteiger partial charge in [-0.3, -0.25) is 9.59 Å². The van der Waals surface area contributed by atoms with Gasteiger partial charge in [-0.15, -0.1) is 11.3 Å². The van der Waals surface area contributed by atoms with E-state index >= 15 is 0 Å². The van der Waals surface area contributed by atoms with Gasteiger partial charge in [0.1, 0.15) is 17.1 Å². The molecule has 0 atom stereocenters. The molecular weight excluding hydrogens is 302 g/mol. The van der Waals surface area contributed by atoms with Crippen molar-refractivity contribution >= 4 is 28.3 Å². The van der Waals surface area contributed by atoms with Gasteiger partial charge in [-0.05, 0) is 26.0 Å². The van der Waals surface area contributed by atoms with Crippen LogP contribution in [0.3, 0.4) is 0 Å². The molecule has 0 radical (unpaired) electrons. The number of benzene rings is 1. The number of ether oxygens (including phenoxy) is 1. The fourth-order valence-electron chi connectivity index (χ4n) is 2.38. The Morgan fingerprint density at radius 1 is 1.32 bits per heavy atom. The van der Waals surface area contributed by atoms with Crippen LogP contribution in [0.25, 0.3) is 22.2 Å². The molecule has 0 amide bonds. The molecule has 3 rings (SSSR count). The highest BCUT2D eigenvalue weighted by Gasteiger charge is 2.18. The average Bonchev–Trinajstić information content (AvgIpc) is 2.96. The predicted molar refractivity (Wildman–Crippen MR) is 84.4 cm³/mol. The Morgan fingerprint density at radius 3 is 2.73 bits per heavy atom. The van der Waals surface area contributed by atoms with E-state index in [9.17, 15) is 9.59 Å². The standard InChI is InChI=1S/C16H13NO4S/c1-8-13(21-10(3)18)5-4-11-15(19)14(9(2)20-16(8)11)12-6-22-7-17-12/h4-7H,1-3H3. The monoisotopic (exact) mass is 315 g/mol. The first-order valence-electron chi connectivity index (χ1n) is 6.63. The van der Waals surface area contributed by atoms with Crippen molar-refractivity contribution in [3.05, 3.63) is 44.6 Å². The molecule has 0 N–H and O–H groups in total. The van der Waals surface area contributed by atoms with Gasteiger partial charge in [0.15, 0.2) is 0 Å². The lowest BCUT2D eigenvalue weighted by molar-refractivity contribution is -0.131. The summed E-state index contributed by atoms with van der Waals surface area (Å²) in [6, 6.07) is 3.22. The molecular formula is C16H13NO4S. The van der Waals surface area contributed by atoms with Gasteiger partial charge in [-0.1, -0.05) is 0 Å². The Labute approximate surface area is 130 Å². The van der Waals surface area contributed by atoms with E-state index in [0.29, 0.717) is 39.3 Å². The van der Waals surface area contributed by atoms with Crippen molar-refractivity contribution in [3.63, 3.8) is 0 Å². The topological polar surface area (TPSA) is 69.4 Å². The first kappa shape index (κ1) is 14.5. The number of rotatable bonds is 2. The second kappa shape index (κ2) is 5.38. The third kappa shape index (κ3) is 2.31. The number of thiazole rings is 1. The zero-order chi connectivity index (χ0) is 15.9. The van der Waals surface area contributed by atoms with Crippen LogP contribution < -0.4 is 10.2 Å². The maximum Gasteiger partial charge on any atom is 0.308 e. The number of hydrogen-bond donors (Lipinski definition) is 0. The van der Waals surface area contributed by atoms with Gasteiger partial charge in [-0.2, -0.15) is 0 Å². The second-order valence-corrected chi connectivity index (χ2v) is 5.61. The van der Waals surface area contributed by atoms with Crippen molar-refractivity contribution < 1.29 is 13.9 Å². The van der Waals surface area contributed by atoms with Gasteiger partial charge in [0.25, 0.3) is 0 Å². The molecule has 0 fully saturated rings. The Morgan fingerprint density at radius 2 is 2.09 bits per heavy atom. The van der Waals surface area contributed by atoms with Crippen LogP contribution in [0.4, 0.5) is 0 Å². The number of nitrogens with zero attached hydrogens (tertiary/aromatic N) is 1. The molecule has 0 unspecified atom stereocenters. The fourth-order valence-corrected chi connectivity index (χ4v) is 2.92. The molecule has 112 valence electrons. The van der Waals surface area contributed by atoms with Gasteiger partial charge < -0.3 is 9.15 Å². The second-order valence-electron chi connectivity index (χ2n) is 4.90. The molecule has 0 aliphatic carbocycles. The van der Waals surface area contributed by atoms with Crippen LogP contribution in [0.2, 0.25) is 0 Å². The van der Waals surface area contributed by atoms with Crippen molar-refractivity contribution in [2.45, 2.75) is 20.8 Å². The highest BCUT2D eigenvalue weighted by Crippen LogP contribution is 2.30. The van der Waals surface area contributed by atoms with Crippen molar-refractivity contribution in [3.8, 4) is 17.0 Å². The molecule has 0 bridgehead atoms. The summed E-state index contributed by atoms with van der Waals surface area (Å²) in [5.74, 6) is 0.469. The Bertz CT molecular complexity index is 925. The number of hydrogen-bond acceptors (Lipinski definition) is 6. The van der Waals surface area contributed by atoms with Crippen molar-refractivity contribution in [2.75, 3.05) is 0 Å². The quantitative estimate of drug-likeness (QED) is 0.535. The minimum absolute atomic E-state index is 0.137. The average molecular weight is 315 g/mol. The molecule has 3 aromatic rings. The van der Waals surface area contributed by atoms with Crippen molar-refractivity contribution in [1.29, 1.82) is 0 Å². The zero-order valence-electron chi connectivity index (χ0n) is 12.3. The van der Waals surface area contributed by atoms with Crippen LogP contribution in [0.15, 0.2) is 32.2 Å². The third-order valence-electron chi connectivity index (χ3n) is 3.38. The van der Waals surface area contributed by atoms with E-state index in [2.05, 4.69) is 4.98 Å². The summed E-state index contributed by atoms with van der Waals surface area (Å²) >= 11 is 1.42. The van der Waals surface area contributed by atoms with Crippen LogP contribution in [-0.2, 0) is 4.79 Å². The summed E-state index contributed by atoms with van der Waals surface area (Å²) in [6.07, 6.45) is 0. The van der Waals surface area contributed by atoms with E-state index in [1.54, 1.807) is 31.5 Å². The first-order chi connectivity index (χ1) is 10.5. The first-order valence-corrected chi connectivity index (χ1v) is 7.57. The van der Waals surface area contributed by atoms with Gasteiger partial charge in [0.05, 0.1) is 22.2 Å². The van der Waals surface area contributed by atoms with Crippen molar-refractivity contribution in [1.82, 2.24) is 4.98 Å². The van der Waals surface area contributed by atoms with Crippen LogP contribution in [-0.4, -0.2) is 11.0 Å². The molecule has 2 heterocycles. The molecule has 1 aromatic carbocycles. The van der Waals surface area contributed by atoms with Crippen LogP contribution in [0.5, 0.6) is 5.75 Å². The Balaban J connectivity index is 2.30. The number of aryl methyl sites for hydroxylation is 2. The van der Waals surface area contributed by atoms with E-state index in [4.69, 9.17) is 9.15 Å². The van der Waals surface area contributed by atoms with Crippen LogP contribution >= 0.6 is 11.3 Å². The molecule has 6 heteroatoms. The lowest BCUT2D eigenvalue weighted by Gasteiger charge is -2.10. The molecule has 0 aliphatic rings. The molecule has 0 aliphatic heterocycles. The van der Waals surface area contributed by atoms with E-state index in [1.165, 1.54) is 18.3 Å². The number of carbonyl (C=O) groups excluding carboxylic acids is 1. The van der Waals surface area contributed by atoms with E-state index in [-0.39, 0.29) is 5.43 Å². The van der Waals surface area contributed by atoms with Gasteiger partial charge >= 0.3 is 5.97 Å². The summed E-state index contributed by atoms with van der Waals surface area (Å²) < 4.78 is 10.9. The summed E-state index contributed by atoms with van der Waals surface area (Å²) in [5.41, 5.74) is 3.67. The smallest absolute Gasteiger partial charge is 0.308 e. The maximum atomic E-state index is 12.7. The highest BCUT2D eigenvalue weighted by molar-refractivity contribution is 7.07. The Hall–Kier alpha value is -2.47. The molecule has 2 aromatic heterocycles. The molecule has 0 saturated carbocycles. The lowest BCUT2D eigenvalue weighted by Crippen LogP contribution is -2.09. The third-order valence-corrected chi connectivity index (χ3v) is 3.96. The van der Waals surface area contributed by atoms with E-state index in [1.807, 2.05) is 5.38 Å². The number of esters is 1. The van der Waals surface area contributed by atoms with Gasteiger partial charge in [-0.25, -0.2) is 4.98 Å². The van der Waals surface area contributed by atoms with E-state index < -0.39 is 5.97 Å². The maximum absolute atomic E-state index is 12.7. The molecule has 0 spiro atoms. The molecule has 5 nitrogen and oxygen atoms in total. The summed E-state index contributed by atoms with van der Waals surface area (Å²) in [4.78, 5) is 28.0. The lowest BCUT2D eigenvalue weighted by atomic mass is 10.1. The minimum atomic E-state index is -0.416. The fraction of sp³-hybridized carbons (Fsp3) is 0.188. The Kier molecular flexibility index (Phi) is 3.54.